The highest BCUT2D eigenvalue weighted by molar-refractivity contribution is 7.99. The highest BCUT2D eigenvalue weighted by Crippen LogP contribution is 2.33. The molecule has 0 radical (unpaired) electrons. The monoisotopic (exact) mass is 229 g/mol. The number of thioether (sulfide) groups is 1. The number of esters is 1. The van der Waals surface area contributed by atoms with E-state index in [0.717, 1.165) is 23.1 Å². The van der Waals surface area contributed by atoms with Crippen LogP contribution in [0.5, 0.6) is 0 Å². The summed E-state index contributed by atoms with van der Waals surface area (Å²) in [5, 5.41) is 4.38. The molecule has 4 heteroatoms. The Morgan fingerprint density at radius 2 is 2.07 bits per heavy atom. The van der Waals surface area contributed by atoms with E-state index in [9.17, 15) is 4.79 Å². The fraction of sp³-hybridized carbons (Fsp3) is 0.909. The Balaban J connectivity index is 1.65. The van der Waals surface area contributed by atoms with Crippen molar-refractivity contribution in [2.24, 2.45) is 0 Å². The highest BCUT2D eigenvalue weighted by atomic mass is 32.2. The molecule has 1 N–H and O–H groups in total. The number of hydrogen-bond donors (Lipinski definition) is 1. The molecule has 2 saturated heterocycles. The molecule has 2 rings (SSSR count). The third-order valence-corrected chi connectivity index (χ3v) is 4.61. The van der Waals surface area contributed by atoms with Gasteiger partial charge in [0.1, 0.15) is 0 Å². The Kier molecular flexibility index (Phi) is 3.92. The van der Waals surface area contributed by atoms with Crippen LogP contribution in [0.2, 0.25) is 0 Å². The molecule has 3 nitrogen and oxygen atoms in total. The Morgan fingerprint density at radius 3 is 2.67 bits per heavy atom. The van der Waals surface area contributed by atoms with Gasteiger partial charge in [0.2, 0.25) is 0 Å². The van der Waals surface area contributed by atoms with Crippen molar-refractivity contribution >= 4 is 17.7 Å². The Bertz CT molecular complexity index is 223. The average molecular weight is 229 g/mol. The summed E-state index contributed by atoms with van der Waals surface area (Å²) in [4.78, 5) is 10.9. The van der Waals surface area contributed by atoms with Crippen LogP contribution >= 0.6 is 11.8 Å². The molecule has 0 aromatic carbocycles. The minimum absolute atomic E-state index is 0.0839. The number of carbonyl (C=O) groups is 1. The van der Waals surface area contributed by atoms with Crippen molar-refractivity contribution < 1.29 is 9.53 Å². The molecule has 0 aromatic heterocycles. The van der Waals surface area contributed by atoms with E-state index in [-0.39, 0.29) is 5.97 Å². The van der Waals surface area contributed by atoms with E-state index in [1.54, 1.807) is 0 Å². The molecule has 2 atom stereocenters. The van der Waals surface area contributed by atoms with E-state index in [0.29, 0.717) is 6.42 Å². The van der Waals surface area contributed by atoms with Gasteiger partial charge in [-0.3, -0.25) is 4.79 Å². The Morgan fingerprint density at radius 1 is 1.40 bits per heavy atom. The fourth-order valence-electron chi connectivity index (χ4n) is 2.55. The first kappa shape index (κ1) is 11.3. The summed E-state index contributed by atoms with van der Waals surface area (Å²) < 4.78 is 4.63. The minimum atomic E-state index is -0.0839. The van der Waals surface area contributed by atoms with E-state index in [1.165, 1.54) is 32.8 Å². The zero-order chi connectivity index (χ0) is 10.7. The van der Waals surface area contributed by atoms with Gasteiger partial charge in [0.05, 0.1) is 13.5 Å². The number of rotatable bonds is 4. The second-order valence-corrected chi connectivity index (χ2v) is 5.84. The SMILES string of the molecule is COC(=O)CCSC1C[C@@H]2CC[C@@H](C1)N2. The summed E-state index contributed by atoms with van der Waals surface area (Å²) >= 11 is 1.95. The predicted octanol–water partition coefficient (Wildman–Crippen LogP) is 1.57. The first-order valence-corrected chi connectivity index (χ1v) is 6.77. The molecule has 0 spiro atoms. The van der Waals surface area contributed by atoms with Crippen LogP contribution in [0.1, 0.15) is 32.1 Å². The maximum Gasteiger partial charge on any atom is 0.306 e. The third-order valence-electron chi connectivity index (χ3n) is 3.32. The number of methoxy groups -OCH3 is 1. The summed E-state index contributed by atoms with van der Waals surface area (Å²) in [5.41, 5.74) is 0. The Labute approximate surface area is 95.3 Å². The number of piperidine rings is 1. The second kappa shape index (κ2) is 5.21. The van der Waals surface area contributed by atoms with Gasteiger partial charge in [-0.15, -0.1) is 0 Å². The molecule has 0 aliphatic carbocycles. The second-order valence-electron chi connectivity index (χ2n) is 4.43. The lowest BCUT2D eigenvalue weighted by Crippen LogP contribution is -2.39. The van der Waals surface area contributed by atoms with Crippen LogP contribution in [0.15, 0.2) is 0 Å². The topological polar surface area (TPSA) is 38.3 Å². The van der Waals surface area contributed by atoms with Crippen LogP contribution in [0.3, 0.4) is 0 Å². The van der Waals surface area contributed by atoms with E-state index in [4.69, 9.17) is 0 Å². The largest absolute Gasteiger partial charge is 0.469 e. The summed E-state index contributed by atoms with van der Waals surface area (Å²) in [6.45, 7) is 0. The van der Waals surface area contributed by atoms with E-state index >= 15 is 0 Å². The van der Waals surface area contributed by atoms with E-state index in [1.807, 2.05) is 11.8 Å². The molecule has 15 heavy (non-hydrogen) atoms. The van der Waals surface area contributed by atoms with Crippen molar-refractivity contribution in [2.75, 3.05) is 12.9 Å². The van der Waals surface area contributed by atoms with Crippen LogP contribution < -0.4 is 5.32 Å². The van der Waals surface area contributed by atoms with Gasteiger partial charge >= 0.3 is 5.97 Å². The van der Waals surface area contributed by atoms with Crippen LogP contribution in [0.25, 0.3) is 0 Å². The minimum Gasteiger partial charge on any atom is -0.469 e. The molecule has 0 saturated carbocycles. The normalized spacial score (nSPS) is 34.1. The molecule has 2 heterocycles. The Hall–Kier alpha value is -0.220. The van der Waals surface area contributed by atoms with Crippen molar-refractivity contribution in [1.29, 1.82) is 0 Å². The highest BCUT2D eigenvalue weighted by Gasteiger charge is 2.33. The van der Waals surface area contributed by atoms with E-state index in [2.05, 4.69) is 10.1 Å². The molecule has 2 aliphatic rings. The molecule has 0 amide bonds. The molecule has 0 aromatic rings. The first-order valence-electron chi connectivity index (χ1n) is 5.72. The zero-order valence-electron chi connectivity index (χ0n) is 9.20. The molecule has 2 aliphatic heterocycles. The molecular formula is C11H19NO2S. The third kappa shape index (κ3) is 3.11. The number of hydrogen-bond acceptors (Lipinski definition) is 4. The van der Waals surface area contributed by atoms with Gasteiger partial charge in [-0.1, -0.05) is 0 Å². The number of nitrogens with one attached hydrogen (secondary N) is 1. The van der Waals surface area contributed by atoms with Gasteiger partial charge in [-0.05, 0) is 25.7 Å². The molecule has 2 fully saturated rings. The average Bonchev–Trinajstić information content (AvgIpc) is 2.58. The van der Waals surface area contributed by atoms with Crippen LogP contribution in [-0.2, 0) is 9.53 Å². The molecule has 2 bridgehead atoms. The van der Waals surface area contributed by atoms with Gasteiger partial charge < -0.3 is 10.1 Å². The lowest BCUT2D eigenvalue weighted by molar-refractivity contribution is -0.140. The van der Waals surface area contributed by atoms with Gasteiger partial charge in [-0.2, -0.15) is 11.8 Å². The lowest BCUT2D eigenvalue weighted by atomic mass is 10.1. The number of fused-ring (bicyclic) bond motifs is 2. The van der Waals surface area contributed by atoms with Crippen molar-refractivity contribution in [3.05, 3.63) is 0 Å². The quantitative estimate of drug-likeness (QED) is 0.743. The van der Waals surface area contributed by atoms with Gasteiger partial charge in [0.15, 0.2) is 0 Å². The predicted molar refractivity (Wildman–Crippen MR) is 62.1 cm³/mol. The van der Waals surface area contributed by atoms with Crippen molar-refractivity contribution in [3.63, 3.8) is 0 Å². The summed E-state index contributed by atoms with van der Waals surface area (Å²) in [5.74, 6) is 0.830. The summed E-state index contributed by atoms with van der Waals surface area (Å²) in [6.07, 6.45) is 5.81. The molecule has 0 unspecified atom stereocenters. The van der Waals surface area contributed by atoms with Crippen molar-refractivity contribution in [3.8, 4) is 0 Å². The molecular weight excluding hydrogens is 210 g/mol. The summed E-state index contributed by atoms with van der Waals surface area (Å²) in [7, 11) is 1.46. The van der Waals surface area contributed by atoms with Crippen LogP contribution in [0, 0.1) is 0 Å². The maximum atomic E-state index is 10.9. The van der Waals surface area contributed by atoms with E-state index < -0.39 is 0 Å². The standard InChI is InChI=1S/C11H19NO2S/c1-14-11(13)4-5-15-10-6-8-2-3-9(7-10)12-8/h8-10,12H,2-7H2,1H3/t8-,9-/m0/s1. The first-order chi connectivity index (χ1) is 7.28. The smallest absolute Gasteiger partial charge is 0.306 e. The lowest BCUT2D eigenvalue weighted by Gasteiger charge is -2.28. The number of carbonyl (C=O) groups excluding carboxylic acids is 1. The van der Waals surface area contributed by atoms with Gasteiger partial charge in [0.25, 0.3) is 0 Å². The van der Waals surface area contributed by atoms with Crippen LogP contribution in [0.4, 0.5) is 0 Å². The number of ether oxygens (including phenoxy) is 1. The molecule has 86 valence electrons. The fourth-order valence-corrected chi connectivity index (χ4v) is 3.91. The maximum absolute atomic E-state index is 10.9. The summed E-state index contributed by atoms with van der Waals surface area (Å²) in [6, 6.07) is 1.50. The zero-order valence-corrected chi connectivity index (χ0v) is 10.0. The van der Waals surface area contributed by atoms with Crippen LogP contribution in [-0.4, -0.2) is 36.2 Å². The van der Waals surface area contributed by atoms with Gasteiger partial charge in [-0.25, -0.2) is 0 Å². The van der Waals surface area contributed by atoms with Crippen molar-refractivity contribution in [1.82, 2.24) is 5.32 Å². The van der Waals surface area contributed by atoms with Gasteiger partial charge in [0, 0.05) is 23.1 Å². The van der Waals surface area contributed by atoms with Crippen molar-refractivity contribution in [2.45, 2.75) is 49.4 Å².